The Hall–Kier alpha value is -1.56. The monoisotopic (exact) mass is 609 g/mol. The third kappa shape index (κ3) is 9.27. The number of aromatic nitrogens is 4. The van der Waals surface area contributed by atoms with Gasteiger partial charge in [0, 0.05) is 13.0 Å². The number of aliphatic hydroxyl groups excluding tert-OH is 1. The van der Waals surface area contributed by atoms with E-state index in [4.69, 9.17) is 29.5 Å². The van der Waals surface area contributed by atoms with Crippen molar-refractivity contribution in [3.63, 3.8) is 0 Å². The summed E-state index contributed by atoms with van der Waals surface area (Å²) in [5.41, 5.74) is 3.97. The fourth-order valence-corrected chi connectivity index (χ4v) is 6.37. The predicted molar refractivity (Wildman–Crippen MR) is 128 cm³/mol. The Kier molecular flexibility index (Phi) is 10.2. The number of H-pyrrole nitrogens is 1. The molecule has 6 atom stereocenters. The molecule has 0 aliphatic rings. The fraction of sp³-hybridized carbons (Fsp3) is 0.688. The number of imidazole rings is 1. The molecule has 2 heterocycles. The van der Waals surface area contributed by atoms with Crippen molar-refractivity contribution >= 4 is 40.6 Å². The lowest BCUT2D eigenvalue weighted by molar-refractivity contribution is -0.181. The van der Waals surface area contributed by atoms with Crippen molar-refractivity contribution in [3.05, 3.63) is 16.7 Å². The van der Waals surface area contributed by atoms with Gasteiger partial charge < -0.3 is 39.9 Å². The standard InChI is InChI=1S/C16H30N5O14P3/c1-8(6-32-37(27,28)35-38(29,30)34-36(24,25)26)11(33-16(2,3)4)10(22)14(31-5)21-7-18-9-12(21)19-15(17)20-13(9)23/h7-8,10-11,14,22H,6H2,1-5H3,(H,27,28)(H,29,30)(H2,24,25,26)(H3,17,19,20,23). The van der Waals surface area contributed by atoms with E-state index >= 15 is 0 Å². The molecule has 2 aromatic heterocycles. The van der Waals surface area contributed by atoms with E-state index in [1.807, 2.05) is 0 Å². The Morgan fingerprint density at radius 3 is 2.26 bits per heavy atom. The topological polar surface area (TPSA) is 288 Å². The van der Waals surface area contributed by atoms with Gasteiger partial charge in [0.1, 0.15) is 6.10 Å². The Morgan fingerprint density at radius 1 is 1.13 bits per heavy atom. The molecule has 0 radical (unpaired) electrons. The maximum absolute atomic E-state index is 12.1. The summed E-state index contributed by atoms with van der Waals surface area (Å²) in [4.78, 5) is 58.7. The van der Waals surface area contributed by atoms with Gasteiger partial charge in [0.2, 0.25) is 5.95 Å². The molecular weight excluding hydrogens is 579 g/mol. The average molecular weight is 609 g/mol. The molecule has 2 rings (SSSR count). The maximum Gasteiger partial charge on any atom is 0.490 e. The molecule has 0 saturated carbocycles. The van der Waals surface area contributed by atoms with E-state index in [9.17, 15) is 33.4 Å². The molecule has 0 spiro atoms. The van der Waals surface area contributed by atoms with Crippen LogP contribution in [-0.2, 0) is 36.3 Å². The van der Waals surface area contributed by atoms with Crippen molar-refractivity contribution in [1.82, 2.24) is 19.5 Å². The third-order valence-corrected chi connectivity index (χ3v) is 8.36. The van der Waals surface area contributed by atoms with Crippen LogP contribution in [-0.4, -0.2) is 75.7 Å². The summed E-state index contributed by atoms with van der Waals surface area (Å²) in [6, 6.07) is 0. The van der Waals surface area contributed by atoms with E-state index in [-0.39, 0.29) is 17.1 Å². The number of phosphoric acid groups is 3. The highest BCUT2D eigenvalue weighted by Gasteiger charge is 2.42. The summed E-state index contributed by atoms with van der Waals surface area (Å²) >= 11 is 0. The van der Waals surface area contributed by atoms with Crippen LogP contribution in [0.1, 0.15) is 33.9 Å². The van der Waals surface area contributed by atoms with Gasteiger partial charge >= 0.3 is 23.5 Å². The molecule has 218 valence electrons. The summed E-state index contributed by atoms with van der Waals surface area (Å²) in [6.45, 7) is 5.63. The van der Waals surface area contributed by atoms with E-state index in [1.54, 1.807) is 20.8 Å². The molecule has 38 heavy (non-hydrogen) atoms. The van der Waals surface area contributed by atoms with Crippen LogP contribution >= 0.6 is 23.5 Å². The van der Waals surface area contributed by atoms with Gasteiger partial charge in [0.15, 0.2) is 17.4 Å². The van der Waals surface area contributed by atoms with Crippen molar-refractivity contribution in [1.29, 1.82) is 0 Å². The summed E-state index contributed by atoms with van der Waals surface area (Å²) in [7, 11) is -15.5. The SMILES string of the molecule is COC(C(O)C(OC(C)(C)C)C(C)COP(=O)(O)OP(=O)(O)OP(=O)(O)O)n1cnc2c(=O)[nH]c(N)nc21. The van der Waals surface area contributed by atoms with E-state index in [0.717, 1.165) is 0 Å². The van der Waals surface area contributed by atoms with Gasteiger partial charge in [-0.25, -0.2) is 18.7 Å². The van der Waals surface area contributed by atoms with Crippen molar-refractivity contribution in [2.45, 2.75) is 51.7 Å². The highest BCUT2D eigenvalue weighted by atomic mass is 31.3. The number of ether oxygens (including phenoxy) is 2. The molecule has 0 aliphatic carbocycles. The fourth-order valence-electron chi connectivity index (χ4n) is 3.25. The van der Waals surface area contributed by atoms with Crippen LogP contribution in [0.25, 0.3) is 11.2 Å². The number of nitrogens with two attached hydrogens (primary N) is 1. The van der Waals surface area contributed by atoms with Crippen LogP contribution in [0.5, 0.6) is 0 Å². The molecule has 0 fully saturated rings. The zero-order valence-electron chi connectivity index (χ0n) is 20.8. The summed E-state index contributed by atoms with van der Waals surface area (Å²) in [5, 5.41) is 11.3. The van der Waals surface area contributed by atoms with E-state index in [0.29, 0.717) is 0 Å². The molecule has 0 saturated heterocycles. The number of anilines is 1. The highest BCUT2D eigenvalue weighted by molar-refractivity contribution is 7.66. The van der Waals surface area contributed by atoms with Crippen LogP contribution in [0.3, 0.4) is 0 Å². The third-order valence-electron chi connectivity index (χ3n) is 4.56. The lowest BCUT2D eigenvalue weighted by Crippen LogP contribution is -2.46. The molecular formula is C16H30N5O14P3. The van der Waals surface area contributed by atoms with Crippen LogP contribution in [0, 0.1) is 5.92 Å². The minimum absolute atomic E-state index is 0.0208. The first-order valence-corrected chi connectivity index (χ1v) is 15.1. The van der Waals surface area contributed by atoms with Crippen molar-refractivity contribution in [2.24, 2.45) is 5.92 Å². The van der Waals surface area contributed by atoms with Crippen molar-refractivity contribution in [3.8, 4) is 0 Å². The number of nitrogen functional groups attached to an aromatic ring is 1. The number of nitrogens with one attached hydrogen (secondary N) is 1. The summed E-state index contributed by atoms with van der Waals surface area (Å²) < 4.78 is 59.1. The molecule has 6 unspecified atom stereocenters. The molecule has 0 bridgehead atoms. The number of aromatic amines is 1. The number of nitrogens with zero attached hydrogens (tertiary/aromatic N) is 3. The summed E-state index contributed by atoms with van der Waals surface area (Å²) in [5.74, 6) is -1.19. The molecule has 19 nitrogen and oxygen atoms in total. The lowest BCUT2D eigenvalue weighted by atomic mass is 9.97. The summed E-state index contributed by atoms with van der Waals surface area (Å²) in [6.07, 6.45) is -2.91. The molecule has 0 aromatic carbocycles. The number of hydrogen-bond donors (Lipinski definition) is 7. The van der Waals surface area contributed by atoms with Crippen molar-refractivity contribution in [2.75, 3.05) is 19.5 Å². The Bertz CT molecular complexity index is 1320. The van der Waals surface area contributed by atoms with Gasteiger partial charge in [-0.2, -0.15) is 13.6 Å². The molecule has 0 aliphatic heterocycles. The van der Waals surface area contributed by atoms with Crippen LogP contribution in [0.15, 0.2) is 11.1 Å². The van der Waals surface area contributed by atoms with Gasteiger partial charge in [0.05, 0.1) is 24.6 Å². The van der Waals surface area contributed by atoms with Crippen molar-refractivity contribution < 1.29 is 61.0 Å². The second kappa shape index (κ2) is 11.9. The second-order valence-electron chi connectivity index (χ2n) is 8.95. The first-order chi connectivity index (χ1) is 17.1. The first-order valence-electron chi connectivity index (χ1n) is 10.5. The van der Waals surface area contributed by atoms with Gasteiger partial charge in [-0.3, -0.25) is 18.9 Å². The number of fused-ring (bicyclic) bond motifs is 1. The minimum Gasteiger partial charge on any atom is -0.386 e. The van der Waals surface area contributed by atoms with Gasteiger partial charge in [-0.05, 0) is 20.8 Å². The number of methoxy groups -OCH3 is 1. The second-order valence-corrected chi connectivity index (χ2v) is 13.4. The van der Waals surface area contributed by atoms with Gasteiger partial charge in [0.25, 0.3) is 5.56 Å². The van der Waals surface area contributed by atoms with Crippen LogP contribution in [0.2, 0.25) is 0 Å². The predicted octanol–water partition coefficient (Wildman–Crippen LogP) is 0.371. The molecule has 22 heteroatoms. The minimum atomic E-state index is -5.71. The Labute approximate surface area is 215 Å². The molecule has 0 amide bonds. The number of aliphatic hydroxyl groups is 1. The largest absolute Gasteiger partial charge is 0.490 e. The maximum atomic E-state index is 12.1. The smallest absolute Gasteiger partial charge is 0.386 e. The van der Waals surface area contributed by atoms with E-state index in [2.05, 4.69) is 23.6 Å². The Morgan fingerprint density at radius 2 is 1.74 bits per heavy atom. The first kappa shape index (κ1) is 32.7. The number of rotatable bonds is 13. The van der Waals surface area contributed by atoms with Crippen LogP contribution < -0.4 is 11.3 Å². The zero-order valence-corrected chi connectivity index (χ0v) is 23.4. The highest BCUT2D eigenvalue weighted by Crippen LogP contribution is 2.66. The van der Waals surface area contributed by atoms with E-state index in [1.165, 1.54) is 24.9 Å². The van der Waals surface area contributed by atoms with Gasteiger partial charge in [-0.15, -0.1) is 0 Å². The molecule has 8 N–H and O–H groups in total. The van der Waals surface area contributed by atoms with Crippen LogP contribution in [0.4, 0.5) is 5.95 Å². The lowest BCUT2D eigenvalue weighted by Gasteiger charge is -2.37. The van der Waals surface area contributed by atoms with E-state index < -0.39 is 65.6 Å². The Balaban J connectivity index is 2.31. The normalized spacial score (nSPS) is 19.4. The average Bonchev–Trinajstić information content (AvgIpc) is 3.11. The number of hydrogen-bond acceptors (Lipinski definition) is 13. The quantitative estimate of drug-likeness (QED) is 0.151. The number of phosphoric ester groups is 1. The molecule has 2 aromatic rings. The van der Waals surface area contributed by atoms with Gasteiger partial charge in [-0.1, -0.05) is 6.92 Å². The zero-order chi connectivity index (χ0) is 29.3.